The predicted octanol–water partition coefficient (Wildman–Crippen LogP) is 4.48. The zero-order valence-corrected chi connectivity index (χ0v) is 21.1. The van der Waals surface area contributed by atoms with Crippen molar-refractivity contribution in [1.29, 1.82) is 0 Å². The Balaban J connectivity index is 0.00000363. The summed E-state index contributed by atoms with van der Waals surface area (Å²) in [6.45, 7) is 5.72. The molecule has 8 nitrogen and oxygen atoms in total. The van der Waals surface area contributed by atoms with Gasteiger partial charge in [-0.3, -0.25) is 0 Å². The highest BCUT2D eigenvalue weighted by Crippen LogP contribution is 2.30. The van der Waals surface area contributed by atoms with Crippen molar-refractivity contribution in [3.63, 3.8) is 0 Å². The maximum atomic E-state index is 5.58. The molecular formula is C23H30IN5O3. The summed E-state index contributed by atoms with van der Waals surface area (Å²) in [5.41, 5.74) is 2.67. The molecule has 0 aliphatic heterocycles. The first-order chi connectivity index (χ1) is 15.2. The molecule has 0 bridgehead atoms. The van der Waals surface area contributed by atoms with E-state index < -0.39 is 0 Å². The molecule has 0 aliphatic carbocycles. The molecule has 1 aromatic heterocycles. The van der Waals surface area contributed by atoms with E-state index in [0.717, 1.165) is 29.4 Å². The fraction of sp³-hybridized carbons (Fsp3) is 0.304. The number of hydrogen-bond donors (Lipinski definition) is 2. The van der Waals surface area contributed by atoms with Crippen LogP contribution in [0, 0.1) is 0 Å². The fourth-order valence-corrected chi connectivity index (χ4v) is 2.95. The normalized spacial score (nSPS) is 10.8. The Bertz CT molecular complexity index is 1010. The number of ether oxygens (including phenoxy) is 3. The third-order valence-corrected chi connectivity index (χ3v) is 4.45. The van der Waals surface area contributed by atoms with Crippen LogP contribution in [0.25, 0.3) is 5.69 Å². The number of hydrogen-bond acceptors (Lipinski definition) is 5. The van der Waals surface area contributed by atoms with Gasteiger partial charge in [-0.2, -0.15) is 5.10 Å². The summed E-state index contributed by atoms with van der Waals surface area (Å²) in [7, 11) is 3.28. The molecule has 32 heavy (non-hydrogen) atoms. The Morgan fingerprint density at radius 3 is 2.44 bits per heavy atom. The number of rotatable bonds is 9. The van der Waals surface area contributed by atoms with Gasteiger partial charge in [0.15, 0.2) is 17.5 Å². The first-order valence-electron chi connectivity index (χ1n) is 10.2. The third-order valence-electron chi connectivity index (χ3n) is 4.45. The van der Waals surface area contributed by atoms with Gasteiger partial charge in [0, 0.05) is 24.5 Å². The van der Waals surface area contributed by atoms with Crippen molar-refractivity contribution < 1.29 is 14.2 Å². The monoisotopic (exact) mass is 551 g/mol. The minimum absolute atomic E-state index is 0. The lowest BCUT2D eigenvalue weighted by Gasteiger charge is -2.14. The van der Waals surface area contributed by atoms with Crippen LogP contribution in [0.15, 0.2) is 59.7 Å². The highest BCUT2D eigenvalue weighted by Gasteiger charge is 2.08. The summed E-state index contributed by atoms with van der Waals surface area (Å²) in [5.74, 6) is 2.85. The Hall–Kier alpha value is -2.95. The summed E-state index contributed by atoms with van der Waals surface area (Å²) >= 11 is 0. The summed E-state index contributed by atoms with van der Waals surface area (Å²) < 4.78 is 18.0. The molecule has 0 radical (unpaired) electrons. The Morgan fingerprint density at radius 1 is 1.00 bits per heavy atom. The molecule has 0 unspecified atom stereocenters. The van der Waals surface area contributed by atoms with Crippen LogP contribution >= 0.6 is 24.0 Å². The van der Waals surface area contributed by atoms with Gasteiger partial charge in [-0.05, 0) is 56.3 Å². The Labute approximate surface area is 206 Å². The zero-order valence-electron chi connectivity index (χ0n) is 18.8. The van der Waals surface area contributed by atoms with Crippen LogP contribution in [-0.2, 0) is 6.54 Å². The van der Waals surface area contributed by atoms with Crippen LogP contribution in [0.1, 0.15) is 19.5 Å². The van der Waals surface area contributed by atoms with Crippen molar-refractivity contribution in [2.24, 2.45) is 4.99 Å². The van der Waals surface area contributed by atoms with Crippen LogP contribution in [-0.4, -0.2) is 43.1 Å². The molecule has 0 saturated heterocycles. The lowest BCUT2D eigenvalue weighted by atomic mass is 10.2. The molecule has 0 amide bonds. The number of aromatic nitrogens is 2. The van der Waals surface area contributed by atoms with Gasteiger partial charge < -0.3 is 24.8 Å². The molecule has 1 heterocycles. The number of halogens is 1. The van der Waals surface area contributed by atoms with Gasteiger partial charge in [0.25, 0.3) is 0 Å². The molecule has 0 spiro atoms. The lowest BCUT2D eigenvalue weighted by Crippen LogP contribution is -2.30. The number of nitrogens with zero attached hydrogens (tertiary/aromatic N) is 3. The number of anilines is 1. The molecule has 2 N–H and O–H groups in total. The van der Waals surface area contributed by atoms with Crippen LogP contribution in [0.5, 0.6) is 17.2 Å². The van der Waals surface area contributed by atoms with E-state index in [1.54, 1.807) is 14.2 Å². The maximum absolute atomic E-state index is 5.58. The first kappa shape index (κ1) is 25.3. The van der Waals surface area contributed by atoms with Crippen molar-refractivity contribution in [3.8, 4) is 22.9 Å². The molecule has 172 valence electrons. The van der Waals surface area contributed by atoms with Gasteiger partial charge in [-0.1, -0.05) is 0 Å². The molecule has 2 aromatic carbocycles. The van der Waals surface area contributed by atoms with E-state index in [9.17, 15) is 0 Å². The molecule has 3 rings (SSSR count). The molecule has 0 fully saturated rings. The van der Waals surface area contributed by atoms with Gasteiger partial charge in [-0.15, -0.1) is 24.0 Å². The minimum Gasteiger partial charge on any atom is -0.497 e. The molecule has 0 atom stereocenters. The van der Waals surface area contributed by atoms with E-state index >= 15 is 0 Å². The Morgan fingerprint density at radius 2 is 1.78 bits per heavy atom. The van der Waals surface area contributed by atoms with Crippen molar-refractivity contribution in [3.05, 3.63) is 60.4 Å². The SMILES string of the molecule is CCNC(=NCc1ccn(-c2ccc(OC)cc2)n1)Nc1ccc(OCC)c(OC)c1.I. The molecule has 0 aliphatic rings. The number of guanidine groups is 1. The number of aliphatic imine (C=N–C) groups is 1. The topological polar surface area (TPSA) is 81.9 Å². The van der Waals surface area contributed by atoms with Crippen molar-refractivity contribution in [2.45, 2.75) is 20.4 Å². The van der Waals surface area contributed by atoms with Crippen LogP contribution in [0.3, 0.4) is 0 Å². The number of methoxy groups -OCH3 is 2. The third kappa shape index (κ3) is 6.78. The second kappa shape index (κ2) is 12.8. The van der Waals surface area contributed by atoms with E-state index in [1.807, 2.05) is 73.3 Å². The molecule has 3 aromatic rings. The van der Waals surface area contributed by atoms with Gasteiger partial charge in [0.1, 0.15) is 5.75 Å². The summed E-state index contributed by atoms with van der Waals surface area (Å²) in [6, 6.07) is 15.4. The molecular weight excluding hydrogens is 521 g/mol. The standard InChI is InChI=1S/C23H29N5O3.HI/c1-5-24-23(26-17-7-12-21(31-6-2)22(15-17)30-4)25-16-18-13-14-28(27-18)19-8-10-20(29-3)11-9-19;/h7-15H,5-6,16H2,1-4H3,(H2,24,25,26);1H. The van der Waals surface area contributed by atoms with Gasteiger partial charge in [-0.25, -0.2) is 9.67 Å². The summed E-state index contributed by atoms with van der Waals surface area (Å²) in [4.78, 5) is 4.65. The quantitative estimate of drug-likeness (QED) is 0.232. The lowest BCUT2D eigenvalue weighted by molar-refractivity contribution is 0.311. The van der Waals surface area contributed by atoms with Gasteiger partial charge >= 0.3 is 0 Å². The largest absolute Gasteiger partial charge is 0.497 e. The van der Waals surface area contributed by atoms with Crippen molar-refractivity contribution >= 4 is 35.6 Å². The molecule has 9 heteroatoms. The fourth-order valence-electron chi connectivity index (χ4n) is 2.95. The van der Waals surface area contributed by atoms with E-state index in [-0.39, 0.29) is 24.0 Å². The highest BCUT2D eigenvalue weighted by molar-refractivity contribution is 14.0. The second-order valence-electron chi connectivity index (χ2n) is 6.57. The molecule has 0 saturated carbocycles. The second-order valence-corrected chi connectivity index (χ2v) is 6.57. The van der Waals surface area contributed by atoms with Gasteiger partial charge in [0.05, 0.1) is 38.8 Å². The Kier molecular flexibility index (Phi) is 10.1. The zero-order chi connectivity index (χ0) is 22.1. The maximum Gasteiger partial charge on any atom is 0.196 e. The van der Waals surface area contributed by atoms with Crippen LogP contribution in [0.4, 0.5) is 5.69 Å². The highest BCUT2D eigenvalue weighted by atomic mass is 127. The first-order valence-corrected chi connectivity index (χ1v) is 10.2. The average Bonchev–Trinajstić information content (AvgIpc) is 3.28. The van der Waals surface area contributed by atoms with Crippen molar-refractivity contribution in [1.82, 2.24) is 15.1 Å². The van der Waals surface area contributed by atoms with Crippen LogP contribution < -0.4 is 24.8 Å². The predicted molar refractivity (Wildman–Crippen MR) is 138 cm³/mol. The minimum atomic E-state index is 0. The van der Waals surface area contributed by atoms with Gasteiger partial charge in [0.2, 0.25) is 0 Å². The number of benzene rings is 2. The summed E-state index contributed by atoms with van der Waals surface area (Å²) in [5, 5.41) is 11.2. The van der Waals surface area contributed by atoms with Crippen LogP contribution in [0.2, 0.25) is 0 Å². The van der Waals surface area contributed by atoms with E-state index in [4.69, 9.17) is 14.2 Å². The number of nitrogens with one attached hydrogen (secondary N) is 2. The smallest absolute Gasteiger partial charge is 0.196 e. The van der Waals surface area contributed by atoms with Crippen molar-refractivity contribution in [2.75, 3.05) is 32.7 Å². The summed E-state index contributed by atoms with van der Waals surface area (Å²) in [6.07, 6.45) is 1.92. The van der Waals surface area contributed by atoms with E-state index in [1.165, 1.54) is 0 Å². The van der Waals surface area contributed by atoms with E-state index in [0.29, 0.717) is 30.6 Å². The average molecular weight is 551 g/mol. The van der Waals surface area contributed by atoms with E-state index in [2.05, 4.69) is 20.7 Å².